The quantitative estimate of drug-likeness (QED) is 0.772. The second kappa shape index (κ2) is 9.06. The number of sulfonamides is 1. The number of carbonyl (C=O) groups is 1. The number of hydrogen-bond donors (Lipinski definition) is 1. The third kappa shape index (κ3) is 5.04. The third-order valence-corrected chi connectivity index (χ3v) is 6.91. The molecule has 29 heavy (non-hydrogen) atoms. The van der Waals surface area contributed by atoms with Crippen LogP contribution in [0.15, 0.2) is 46.2 Å². The van der Waals surface area contributed by atoms with Gasteiger partial charge in [0.15, 0.2) is 0 Å². The number of halogens is 2. The summed E-state index contributed by atoms with van der Waals surface area (Å²) >= 11 is 5.88. The van der Waals surface area contributed by atoms with Gasteiger partial charge in [0, 0.05) is 19.3 Å². The molecule has 3 rings (SSSR count). The number of carbonyl (C=O) groups excluding carboxylic acids is 1. The molecule has 0 unspecified atom stereocenters. The number of nitrogens with zero attached hydrogens (tertiary/aromatic N) is 2. The maximum atomic E-state index is 13.1. The number of aromatic nitrogens is 1. The first-order valence-electron chi connectivity index (χ1n) is 9.23. The lowest BCUT2D eigenvalue weighted by molar-refractivity contribution is -0.116. The van der Waals surface area contributed by atoms with Crippen molar-refractivity contribution < 1.29 is 17.6 Å². The van der Waals surface area contributed by atoms with Crippen LogP contribution >= 0.6 is 11.6 Å². The number of anilines is 1. The highest BCUT2D eigenvalue weighted by Crippen LogP contribution is 2.22. The Hall–Kier alpha value is -2.23. The molecule has 10 heteroatoms. The Kier molecular flexibility index (Phi) is 6.71. The predicted molar refractivity (Wildman–Crippen MR) is 108 cm³/mol. The van der Waals surface area contributed by atoms with Crippen molar-refractivity contribution in [1.29, 1.82) is 0 Å². The number of amides is 1. The van der Waals surface area contributed by atoms with E-state index in [4.69, 9.17) is 11.6 Å². The zero-order valence-corrected chi connectivity index (χ0v) is 17.2. The molecule has 0 bridgehead atoms. The first-order valence-corrected chi connectivity index (χ1v) is 11.1. The standard InChI is InChI=1S/C19H21ClFN3O4S/c20-15-12-14(21)7-8-16(15)22-18(25)13-23-9-5-6-17(19(23)26)29(27,28)24-10-3-1-2-4-11-24/h5-9,12H,1-4,10-11,13H2,(H,22,25). The van der Waals surface area contributed by atoms with Gasteiger partial charge in [-0.3, -0.25) is 9.59 Å². The molecule has 1 fully saturated rings. The second-order valence-corrected chi connectivity index (χ2v) is 9.11. The van der Waals surface area contributed by atoms with Gasteiger partial charge in [0.25, 0.3) is 5.56 Å². The van der Waals surface area contributed by atoms with Crippen LogP contribution in [0.3, 0.4) is 0 Å². The molecule has 1 aromatic heterocycles. The minimum absolute atomic E-state index is 0.0168. The Morgan fingerprint density at radius 1 is 1.14 bits per heavy atom. The fourth-order valence-electron chi connectivity index (χ4n) is 3.19. The zero-order chi connectivity index (χ0) is 21.0. The molecule has 2 heterocycles. The van der Waals surface area contributed by atoms with E-state index < -0.39 is 33.9 Å². The van der Waals surface area contributed by atoms with Crippen molar-refractivity contribution in [3.8, 4) is 0 Å². The van der Waals surface area contributed by atoms with Crippen LogP contribution in [0, 0.1) is 5.82 Å². The minimum atomic E-state index is -3.94. The van der Waals surface area contributed by atoms with E-state index >= 15 is 0 Å². The fraction of sp³-hybridized carbons (Fsp3) is 0.368. The van der Waals surface area contributed by atoms with Gasteiger partial charge in [0.2, 0.25) is 15.9 Å². The van der Waals surface area contributed by atoms with E-state index in [1.165, 1.54) is 28.7 Å². The third-order valence-electron chi connectivity index (χ3n) is 4.69. The maximum Gasteiger partial charge on any atom is 0.271 e. The SMILES string of the molecule is O=C(Cn1cccc(S(=O)(=O)N2CCCCCC2)c1=O)Nc1ccc(F)cc1Cl. The van der Waals surface area contributed by atoms with E-state index in [0.29, 0.717) is 13.1 Å². The van der Waals surface area contributed by atoms with E-state index in [9.17, 15) is 22.4 Å². The molecule has 1 saturated heterocycles. The summed E-state index contributed by atoms with van der Waals surface area (Å²) in [6.07, 6.45) is 4.76. The van der Waals surface area contributed by atoms with Crippen molar-refractivity contribution in [2.24, 2.45) is 0 Å². The van der Waals surface area contributed by atoms with Gasteiger partial charge in [-0.1, -0.05) is 24.4 Å². The van der Waals surface area contributed by atoms with Crippen LogP contribution in [0.4, 0.5) is 10.1 Å². The molecule has 1 aromatic carbocycles. The molecule has 0 aliphatic carbocycles. The fourth-order valence-corrected chi connectivity index (χ4v) is 5.01. The highest BCUT2D eigenvalue weighted by Gasteiger charge is 2.28. The smallest absolute Gasteiger partial charge is 0.271 e. The van der Waals surface area contributed by atoms with Crippen LogP contribution in [0.5, 0.6) is 0 Å². The van der Waals surface area contributed by atoms with E-state index in [1.807, 2.05) is 0 Å². The van der Waals surface area contributed by atoms with Crippen LogP contribution in [-0.4, -0.2) is 36.3 Å². The van der Waals surface area contributed by atoms with Crippen molar-refractivity contribution in [2.75, 3.05) is 18.4 Å². The first-order chi connectivity index (χ1) is 13.8. The molecule has 0 saturated carbocycles. The number of nitrogens with one attached hydrogen (secondary N) is 1. The molecule has 1 aliphatic heterocycles. The summed E-state index contributed by atoms with van der Waals surface area (Å²) in [6.45, 7) is 0.344. The summed E-state index contributed by atoms with van der Waals surface area (Å²) in [5, 5.41) is 2.50. The summed E-state index contributed by atoms with van der Waals surface area (Å²) in [5.41, 5.74) is -0.573. The van der Waals surface area contributed by atoms with E-state index in [0.717, 1.165) is 42.4 Å². The van der Waals surface area contributed by atoms with Gasteiger partial charge in [-0.05, 0) is 43.2 Å². The lowest BCUT2D eigenvalue weighted by Crippen LogP contribution is -2.37. The minimum Gasteiger partial charge on any atom is -0.323 e. The van der Waals surface area contributed by atoms with Gasteiger partial charge in [-0.2, -0.15) is 4.31 Å². The highest BCUT2D eigenvalue weighted by atomic mass is 35.5. The highest BCUT2D eigenvalue weighted by molar-refractivity contribution is 7.89. The van der Waals surface area contributed by atoms with Gasteiger partial charge in [-0.25, -0.2) is 12.8 Å². The second-order valence-electron chi connectivity index (χ2n) is 6.80. The molecule has 7 nitrogen and oxygen atoms in total. The first kappa shape index (κ1) is 21.5. The number of rotatable bonds is 5. The number of hydrogen-bond acceptors (Lipinski definition) is 4. The van der Waals surface area contributed by atoms with Crippen molar-refractivity contribution in [3.63, 3.8) is 0 Å². The monoisotopic (exact) mass is 441 g/mol. The maximum absolute atomic E-state index is 13.1. The summed E-state index contributed by atoms with van der Waals surface area (Å²) in [7, 11) is -3.94. The van der Waals surface area contributed by atoms with Gasteiger partial charge in [-0.15, -0.1) is 0 Å². The van der Waals surface area contributed by atoms with Crippen molar-refractivity contribution in [3.05, 3.63) is 57.7 Å². The van der Waals surface area contributed by atoms with Crippen molar-refractivity contribution in [1.82, 2.24) is 8.87 Å². The molecule has 156 valence electrons. The largest absolute Gasteiger partial charge is 0.323 e. The zero-order valence-electron chi connectivity index (χ0n) is 15.6. The summed E-state index contributed by atoms with van der Waals surface area (Å²) in [6, 6.07) is 6.18. The Labute approximate surface area is 173 Å². The van der Waals surface area contributed by atoms with Crippen LogP contribution in [0.1, 0.15) is 25.7 Å². The van der Waals surface area contributed by atoms with Gasteiger partial charge >= 0.3 is 0 Å². The molecule has 1 amide bonds. The van der Waals surface area contributed by atoms with E-state index in [1.54, 1.807) is 0 Å². The molecule has 1 aliphatic rings. The lowest BCUT2D eigenvalue weighted by Gasteiger charge is -2.20. The average molecular weight is 442 g/mol. The molecule has 0 atom stereocenters. The van der Waals surface area contributed by atoms with Crippen LogP contribution in [-0.2, 0) is 21.4 Å². The van der Waals surface area contributed by atoms with E-state index in [2.05, 4.69) is 5.32 Å². The number of pyridine rings is 1. The van der Waals surface area contributed by atoms with Gasteiger partial charge < -0.3 is 9.88 Å². The van der Waals surface area contributed by atoms with E-state index in [-0.39, 0.29) is 15.6 Å². The van der Waals surface area contributed by atoms with Gasteiger partial charge in [0.1, 0.15) is 17.3 Å². The lowest BCUT2D eigenvalue weighted by atomic mass is 10.2. The molecular formula is C19H21ClFN3O4S. The molecule has 0 radical (unpaired) electrons. The number of benzene rings is 1. The Morgan fingerprint density at radius 3 is 2.48 bits per heavy atom. The predicted octanol–water partition coefficient (Wildman–Crippen LogP) is 2.84. The summed E-state index contributed by atoms with van der Waals surface area (Å²) < 4.78 is 41.3. The van der Waals surface area contributed by atoms with Crippen molar-refractivity contribution in [2.45, 2.75) is 37.1 Å². The Morgan fingerprint density at radius 2 is 1.83 bits per heavy atom. The normalized spacial score (nSPS) is 15.7. The molecule has 2 aromatic rings. The average Bonchev–Trinajstić information content (AvgIpc) is 2.96. The van der Waals surface area contributed by atoms with Crippen molar-refractivity contribution >= 4 is 33.2 Å². The molecule has 1 N–H and O–H groups in total. The van der Waals surface area contributed by atoms with Crippen LogP contribution in [0.2, 0.25) is 5.02 Å². The summed E-state index contributed by atoms with van der Waals surface area (Å²) in [5.74, 6) is -1.14. The van der Waals surface area contributed by atoms with Crippen LogP contribution < -0.4 is 10.9 Å². The Bertz CT molecular complexity index is 1060. The topological polar surface area (TPSA) is 88.5 Å². The molecule has 0 spiro atoms. The summed E-state index contributed by atoms with van der Waals surface area (Å²) in [4.78, 5) is 24.7. The van der Waals surface area contributed by atoms with Crippen LogP contribution in [0.25, 0.3) is 0 Å². The Balaban J connectivity index is 1.81. The van der Waals surface area contributed by atoms with Gasteiger partial charge in [0.05, 0.1) is 10.7 Å². The molecular weight excluding hydrogens is 421 g/mol.